The van der Waals surface area contributed by atoms with Crippen LogP contribution in [-0.4, -0.2) is 52.3 Å². The fourth-order valence-corrected chi connectivity index (χ4v) is 2.70. The average Bonchev–Trinajstić information content (AvgIpc) is 3.07. The lowest BCUT2D eigenvalue weighted by molar-refractivity contribution is -0.126. The Morgan fingerprint density at radius 3 is 2.81 bits per heavy atom. The van der Waals surface area contributed by atoms with E-state index in [0.717, 1.165) is 0 Å². The number of aliphatic hydroxyl groups excluding tert-OH is 1. The standard InChI is InChI=1S/C19H17N3O5/c1-27-15-10-14(21-16(22-15)17(24)25)13-4-2-3-12(9-13)5-6-19(11-23)7-8-20-18(19)26/h2-4,9-10,23H,7-8,11H2,1H3,(H,20,26)(H,24,25)/t19-/m0/s1. The van der Waals surface area contributed by atoms with Crippen molar-refractivity contribution >= 4 is 11.9 Å². The SMILES string of the molecule is COc1cc(-c2cccc(C#C[C@@]3(CO)CCNC3=O)c2)nc(C(=O)O)n1. The first-order valence-electron chi connectivity index (χ1n) is 8.16. The van der Waals surface area contributed by atoms with Gasteiger partial charge in [-0.05, 0) is 18.6 Å². The fraction of sp³-hybridized carbons (Fsp3) is 0.263. The molecule has 3 N–H and O–H groups in total. The molecule has 0 aliphatic carbocycles. The highest BCUT2D eigenvalue weighted by molar-refractivity contribution is 5.88. The number of carboxylic acid groups (broad SMARTS) is 1. The Labute approximate surface area is 155 Å². The van der Waals surface area contributed by atoms with Gasteiger partial charge in [-0.2, -0.15) is 4.98 Å². The Bertz CT molecular complexity index is 963. The summed E-state index contributed by atoms with van der Waals surface area (Å²) in [5.74, 6) is 4.03. The summed E-state index contributed by atoms with van der Waals surface area (Å²) >= 11 is 0. The van der Waals surface area contributed by atoms with E-state index < -0.39 is 11.4 Å². The zero-order chi connectivity index (χ0) is 19.4. The smallest absolute Gasteiger partial charge is 0.374 e. The second-order valence-electron chi connectivity index (χ2n) is 6.00. The zero-order valence-electron chi connectivity index (χ0n) is 14.5. The number of benzene rings is 1. The Kier molecular flexibility index (Phi) is 5.05. The lowest BCUT2D eigenvalue weighted by Crippen LogP contribution is -2.33. The Balaban J connectivity index is 1.98. The van der Waals surface area contributed by atoms with Gasteiger partial charge in [0.2, 0.25) is 17.6 Å². The van der Waals surface area contributed by atoms with Gasteiger partial charge in [0, 0.05) is 23.7 Å². The van der Waals surface area contributed by atoms with Crippen LogP contribution in [0.3, 0.4) is 0 Å². The molecule has 138 valence electrons. The van der Waals surface area contributed by atoms with Crippen molar-refractivity contribution in [2.45, 2.75) is 6.42 Å². The molecule has 0 bridgehead atoms. The largest absolute Gasteiger partial charge is 0.481 e. The van der Waals surface area contributed by atoms with E-state index in [0.29, 0.717) is 29.8 Å². The summed E-state index contributed by atoms with van der Waals surface area (Å²) in [6.45, 7) is 0.128. The summed E-state index contributed by atoms with van der Waals surface area (Å²) in [5.41, 5.74) is 0.511. The number of methoxy groups -OCH3 is 1. The summed E-state index contributed by atoms with van der Waals surface area (Å²) in [6.07, 6.45) is 0.445. The monoisotopic (exact) mass is 367 g/mol. The molecule has 1 aliphatic heterocycles. The van der Waals surface area contributed by atoms with Gasteiger partial charge in [-0.1, -0.05) is 24.0 Å². The van der Waals surface area contributed by atoms with Crippen LogP contribution in [0.25, 0.3) is 11.3 Å². The maximum Gasteiger partial charge on any atom is 0.374 e. The normalized spacial score (nSPS) is 18.4. The number of aromatic nitrogens is 2. The van der Waals surface area contributed by atoms with Crippen LogP contribution in [0.15, 0.2) is 30.3 Å². The van der Waals surface area contributed by atoms with Crippen molar-refractivity contribution in [3.63, 3.8) is 0 Å². The third kappa shape index (κ3) is 3.73. The predicted molar refractivity (Wildman–Crippen MR) is 95.0 cm³/mol. The number of hydrogen-bond donors (Lipinski definition) is 3. The minimum absolute atomic E-state index is 0.135. The molecule has 1 aromatic heterocycles. The van der Waals surface area contributed by atoms with E-state index >= 15 is 0 Å². The van der Waals surface area contributed by atoms with Crippen LogP contribution in [0.1, 0.15) is 22.6 Å². The molecular formula is C19H17N3O5. The number of aliphatic hydroxyl groups is 1. The van der Waals surface area contributed by atoms with Gasteiger partial charge in [-0.25, -0.2) is 9.78 Å². The molecule has 0 radical (unpaired) electrons. The molecule has 0 unspecified atom stereocenters. The van der Waals surface area contributed by atoms with Gasteiger partial charge >= 0.3 is 5.97 Å². The highest BCUT2D eigenvalue weighted by atomic mass is 16.5. The van der Waals surface area contributed by atoms with E-state index in [9.17, 15) is 14.7 Å². The van der Waals surface area contributed by atoms with Crippen LogP contribution in [0.4, 0.5) is 0 Å². The van der Waals surface area contributed by atoms with Crippen molar-refractivity contribution in [1.82, 2.24) is 15.3 Å². The molecule has 0 saturated carbocycles. The highest BCUT2D eigenvalue weighted by Crippen LogP contribution is 2.26. The van der Waals surface area contributed by atoms with E-state index in [2.05, 4.69) is 27.1 Å². The van der Waals surface area contributed by atoms with Crippen molar-refractivity contribution in [3.8, 4) is 29.0 Å². The number of carboxylic acids is 1. The molecule has 2 aromatic rings. The van der Waals surface area contributed by atoms with Crippen LogP contribution in [0.5, 0.6) is 5.88 Å². The number of carbonyl (C=O) groups excluding carboxylic acids is 1. The lowest BCUT2D eigenvalue weighted by atomic mass is 9.88. The maximum absolute atomic E-state index is 11.9. The van der Waals surface area contributed by atoms with Crippen LogP contribution >= 0.6 is 0 Å². The second kappa shape index (κ2) is 7.43. The van der Waals surface area contributed by atoms with Gasteiger partial charge in [-0.3, -0.25) is 4.79 Å². The Hall–Kier alpha value is -3.44. The number of nitrogens with zero attached hydrogens (tertiary/aromatic N) is 2. The van der Waals surface area contributed by atoms with Gasteiger partial charge in [0.05, 0.1) is 19.4 Å². The molecule has 27 heavy (non-hydrogen) atoms. The van der Waals surface area contributed by atoms with Crippen LogP contribution in [0.2, 0.25) is 0 Å². The summed E-state index contributed by atoms with van der Waals surface area (Å²) in [5, 5.41) is 21.4. The number of rotatable bonds is 4. The van der Waals surface area contributed by atoms with Crippen LogP contribution < -0.4 is 10.1 Å². The van der Waals surface area contributed by atoms with E-state index in [-0.39, 0.29) is 24.2 Å². The summed E-state index contributed by atoms with van der Waals surface area (Å²) < 4.78 is 5.04. The number of amides is 1. The highest BCUT2D eigenvalue weighted by Gasteiger charge is 2.40. The minimum Gasteiger partial charge on any atom is -0.481 e. The summed E-state index contributed by atoms with van der Waals surface area (Å²) in [4.78, 5) is 31.0. The number of carbonyl (C=O) groups is 2. The van der Waals surface area contributed by atoms with Crippen molar-refractivity contribution < 1.29 is 24.5 Å². The molecular weight excluding hydrogens is 350 g/mol. The van der Waals surface area contributed by atoms with Gasteiger partial charge in [-0.15, -0.1) is 0 Å². The van der Waals surface area contributed by atoms with Crippen molar-refractivity contribution in [3.05, 3.63) is 41.7 Å². The quantitative estimate of drug-likeness (QED) is 0.680. The van der Waals surface area contributed by atoms with E-state index in [1.807, 2.05) is 0 Å². The van der Waals surface area contributed by atoms with E-state index in [1.165, 1.54) is 13.2 Å². The van der Waals surface area contributed by atoms with Gasteiger partial charge in [0.1, 0.15) is 5.41 Å². The van der Waals surface area contributed by atoms with Crippen molar-refractivity contribution in [2.75, 3.05) is 20.3 Å². The van der Waals surface area contributed by atoms with Crippen molar-refractivity contribution in [1.29, 1.82) is 0 Å². The lowest BCUT2D eigenvalue weighted by Gasteiger charge is -2.15. The fourth-order valence-electron chi connectivity index (χ4n) is 2.70. The van der Waals surface area contributed by atoms with Crippen LogP contribution in [0, 0.1) is 17.3 Å². The molecule has 1 saturated heterocycles. The second-order valence-corrected chi connectivity index (χ2v) is 6.00. The minimum atomic E-state index is -1.26. The molecule has 0 spiro atoms. The number of hydrogen-bond acceptors (Lipinski definition) is 6. The maximum atomic E-state index is 11.9. The third-order valence-corrected chi connectivity index (χ3v) is 4.25. The third-order valence-electron chi connectivity index (χ3n) is 4.25. The predicted octanol–water partition coefficient (Wildman–Crippen LogP) is 0.700. The first-order chi connectivity index (χ1) is 13.0. The number of nitrogens with one attached hydrogen (secondary N) is 1. The van der Waals surface area contributed by atoms with Gasteiger partial charge < -0.3 is 20.3 Å². The molecule has 2 heterocycles. The van der Waals surface area contributed by atoms with E-state index in [4.69, 9.17) is 9.84 Å². The van der Waals surface area contributed by atoms with Gasteiger partial charge in [0.25, 0.3) is 0 Å². The molecule has 1 amide bonds. The average molecular weight is 367 g/mol. The first kappa shape index (κ1) is 18.4. The van der Waals surface area contributed by atoms with Gasteiger partial charge in [0.15, 0.2) is 0 Å². The summed E-state index contributed by atoms with van der Waals surface area (Å²) in [7, 11) is 1.39. The molecule has 8 nitrogen and oxygen atoms in total. The molecule has 8 heteroatoms. The number of aromatic carboxylic acids is 1. The van der Waals surface area contributed by atoms with E-state index in [1.54, 1.807) is 24.3 Å². The molecule has 1 aliphatic rings. The zero-order valence-corrected chi connectivity index (χ0v) is 14.5. The van der Waals surface area contributed by atoms with Crippen molar-refractivity contribution in [2.24, 2.45) is 5.41 Å². The van der Waals surface area contributed by atoms with Crippen LogP contribution in [-0.2, 0) is 4.79 Å². The molecule has 1 aromatic carbocycles. The topological polar surface area (TPSA) is 122 Å². The Morgan fingerprint density at radius 2 is 2.19 bits per heavy atom. The number of ether oxygens (including phenoxy) is 1. The molecule has 3 rings (SSSR count). The first-order valence-corrected chi connectivity index (χ1v) is 8.16. The molecule has 1 fully saturated rings. The summed E-state index contributed by atoms with van der Waals surface area (Å²) in [6, 6.07) is 8.50. The molecule has 1 atom stereocenters. The Morgan fingerprint density at radius 1 is 1.37 bits per heavy atom.